The Morgan fingerprint density at radius 2 is 1.42 bits per heavy atom. The van der Waals surface area contributed by atoms with Crippen LogP contribution in [0.2, 0.25) is 0 Å². The molecule has 1 fully saturated rings. The van der Waals surface area contributed by atoms with Crippen LogP contribution in [0.15, 0.2) is 60.7 Å². The second kappa shape index (κ2) is 18.7. The molecule has 11 heteroatoms. The predicted octanol–water partition coefficient (Wildman–Crippen LogP) is 1.29. The van der Waals surface area contributed by atoms with Gasteiger partial charge in [-0.1, -0.05) is 67.6 Å². The van der Waals surface area contributed by atoms with Crippen LogP contribution in [0, 0.1) is 0 Å². The number of benzene rings is 2. The van der Waals surface area contributed by atoms with E-state index in [1.165, 1.54) is 5.56 Å². The minimum atomic E-state index is -1.67. The molecule has 5 atom stereocenters. The van der Waals surface area contributed by atoms with Crippen LogP contribution < -0.4 is 5.32 Å². The van der Waals surface area contributed by atoms with Crippen LogP contribution in [0.3, 0.4) is 0 Å². The lowest BCUT2D eigenvalue weighted by molar-refractivity contribution is -0.293. The standard InChI is InChI=1S/C32H47N3O8/c1-3-10-27(37)42-30-29(39)26(23-36)41-32(40)31(30)43-28(38)15-18-35(22-25-13-8-5-9-14-25)20-17-33-16-19-34(2)21-24-11-6-4-7-12-24/h4-9,11-14,26,29-33,36,39-40H,3,10,15-23H2,1-2H3/t26?,29-,30-,31?,32?/m0/s1. The van der Waals surface area contributed by atoms with Gasteiger partial charge in [0, 0.05) is 52.2 Å². The zero-order valence-corrected chi connectivity index (χ0v) is 25.2. The van der Waals surface area contributed by atoms with Gasteiger partial charge >= 0.3 is 11.9 Å². The first-order valence-corrected chi connectivity index (χ1v) is 15.0. The fourth-order valence-corrected chi connectivity index (χ4v) is 4.91. The van der Waals surface area contributed by atoms with E-state index in [0.29, 0.717) is 26.1 Å². The summed E-state index contributed by atoms with van der Waals surface area (Å²) in [5.41, 5.74) is 2.38. The number of hydrogen-bond acceptors (Lipinski definition) is 11. The van der Waals surface area contributed by atoms with Crippen molar-refractivity contribution in [3.05, 3.63) is 71.8 Å². The smallest absolute Gasteiger partial charge is 0.307 e. The SMILES string of the molecule is CCCC(=O)O[C@@H]1C(OC(=O)CCN(CCNCCN(C)Cc2ccccc2)Cc2ccccc2)C(O)OC(CO)[C@@H]1O. The summed E-state index contributed by atoms with van der Waals surface area (Å²) < 4.78 is 16.1. The van der Waals surface area contributed by atoms with E-state index in [4.69, 9.17) is 14.2 Å². The lowest BCUT2D eigenvalue weighted by Gasteiger charge is -2.41. The number of aliphatic hydroxyl groups is 3. The summed E-state index contributed by atoms with van der Waals surface area (Å²) in [6.07, 6.45) is -6.51. The van der Waals surface area contributed by atoms with Gasteiger partial charge in [-0.3, -0.25) is 14.5 Å². The fourth-order valence-electron chi connectivity index (χ4n) is 4.91. The van der Waals surface area contributed by atoms with Gasteiger partial charge in [0.1, 0.15) is 12.2 Å². The van der Waals surface area contributed by atoms with Gasteiger partial charge in [0.2, 0.25) is 0 Å². The van der Waals surface area contributed by atoms with Crippen molar-refractivity contribution in [2.45, 2.75) is 70.0 Å². The molecule has 0 radical (unpaired) electrons. The molecule has 3 rings (SSSR count). The van der Waals surface area contributed by atoms with Crippen LogP contribution >= 0.6 is 0 Å². The van der Waals surface area contributed by atoms with E-state index in [1.54, 1.807) is 6.92 Å². The minimum absolute atomic E-state index is 0.00498. The Balaban J connectivity index is 1.51. The molecule has 238 valence electrons. The summed E-state index contributed by atoms with van der Waals surface area (Å²) in [6, 6.07) is 20.3. The second-order valence-electron chi connectivity index (χ2n) is 10.9. The molecule has 1 heterocycles. The van der Waals surface area contributed by atoms with E-state index >= 15 is 0 Å². The molecule has 0 aliphatic carbocycles. The van der Waals surface area contributed by atoms with Crippen molar-refractivity contribution in [2.24, 2.45) is 0 Å². The molecule has 2 aromatic rings. The lowest BCUT2D eigenvalue weighted by Crippen LogP contribution is -2.61. The number of aliphatic hydroxyl groups excluding tert-OH is 3. The first kappa shape index (κ1) is 34.6. The van der Waals surface area contributed by atoms with E-state index < -0.39 is 49.3 Å². The third kappa shape index (κ3) is 12.0. The number of carbonyl (C=O) groups is 2. The summed E-state index contributed by atoms with van der Waals surface area (Å²) in [5.74, 6) is -1.24. The number of esters is 2. The monoisotopic (exact) mass is 601 g/mol. The number of rotatable bonds is 18. The van der Waals surface area contributed by atoms with E-state index in [1.807, 2.05) is 48.5 Å². The van der Waals surface area contributed by atoms with Gasteiger partial charge in [0.15, 0.2) is 18.5 Å². The van der Waals surface area contributed by atoms with Crippen LogP contribution in [0.1, 0.15) is 37.3 Å². The van der Waals surface area contributed by atoms with Gasteiger partial charge in [0.25, 0.3) is 0 Å². The molecule has 2 aromatic carbocycles. The number of nitrogens with zero attached hydrogens (tertiary/aromatic N) is 2. The predicted molar refractivity (Wildman–Crippen MR) is 161 cm³/mol. The zero-order valence-electron chi connectivity index (χ0n) is 25.2. The lowest BCUT2D eigenvalue weighted by atomic mass is 9.98. The van der Waals surface area contributed by atoms with Crippen molar-refractivity contribution < 1.29 is 39.1 Å². The molecule has 4 N–H and O–H groups in total. The van der Waals surface area contributed by atoms with Crippen molar-refractivity contribution in [3.63, 3.8) is 0 Å². The molecule has 1 aliphatic rings. The summed E-state index contributed by atoms with van der Waals surface area (Å²) in [6.45, 7) is 6.20. The van der Waals surface area contributed by atoms with Gasteiger partial charge in [-0.2, -0.15) is 0 Å². The third-order valence-electron chi connectivity index (χ3n) is 7.26. The van der Waals surface area contributed by atoms with Gasteiger partial charge < -0.3 is 39.7 Å². The summed E-state index contributed by atoms with van der Waals surface area (Å²) >= 11 is 0. The van der Waals surface area contributed by atoms with Gasteiger partial charge in [0.05, 0.1) is 13.0 Å². The molecule has 0 amide bonds. The largest absolute Gasteiger partial charge is 0.455 e. The molecule has 0 bridgehead atoms. The topological polar surface area (TPSA) is 141 Å². The van der Waals surface area contributed by atoms with E-state index in [2.05, 4.69) is 34.3 Å². The third-order valence-corrected chi connectivity index (χ3v) is 7.26. The molecule has 1 aliphatic heterocycles. The number of hydrogen-bond donors (Lipinski definition) is 4. The highest BCUT2D eigenvalue weighted by Gasteiger charge is 2.49. The molecular weight excluding hydrogens is 554 g/mol. The normalized spacial score (nSPS) is 22.1. The van der Waals surface area contributed by atoms with Crippen LogP contribution in [0.5, 0.6) is 0 Å². The molecule has 0 aromatic heterocycles. The van der Waals surface area contributed by atoms with Crippen molar-refractivity contribution in [1.29, 1.82) is 0 Å². The molecule has 1 saturated heterocycles. The molecule has 0 saturated carbocycles. The quantitative estimate of drug-likeness (QED) is 0.145. The first-order valence-electron chi connectivity index (χ1n) is 15.0. The van der Waals surface area contributed by atoms with Crippen LogP contribution in [-0.2, 0) is 36.9 Å². The van der Waals surface area contributed by atoms with Crippen LogP contribution in [0.4, 0.5) is 0 Å². The molecular formula is C32H47N3O8. The van der Waals surface area contributed by atoms with Crippen LogP contribution in [0.25, 0.3) is 0 Å². The Kier molecular flexibility index (Phi) is 15.0. The van der Waals surface area contributed by atoms with Crippen LogP contribution in [-0.4, -0.2) is 114 Å². The second-order valence-corrected chi connectivity index (χ2v) is 10.9. The number of likely N-dealkylation sites (N-methyl/N-ethyl adjacent to an activating group) is 1. The first-order chi connectivity index (χ1) is 20.8. The molecule has 0 spiro atoms. The molecule has 11 nitrogen and oxygen atoms in total. The van der Waals surface area contributed by atoms with E-state index in [-0.39, 0.29) is 12.8 Å². The maximum atomic E-state index is 12.9. The minimum Gasteiger partial charge on any atom is -0.455 e. The van der Waals surface area contributed by atoms with Gasteiger partial charge in [-0.15, -0.1) is 0 Å². The Labute approximate surface area is 254 Å². The van der Waals surface area contributed by atoms with Crippen molar-refractivity contribution in [3.8, 4) is 0 Å². The maximum absolute atomic E-state index is 12.9. The zero-order chi connectivity index (χ0) is 31.0. The number of ether oxygens (including phenoxy) is 3. The van der Waals surface area contributed by atoms with Gasteiger partial charge in [-0.25, -0.2) is 0 Å². The Morgan fingerprint density at radius 3 is 2.05 bits per heavy atom. The Morgan fingerprint density at radius 1 is 0.837 bits per heavy atom. The van der Waals surface area contributed by atoms with Gasteiger partial charge in [-0.05, 0) is 24.6 Å². The van der Waals surface area contributed by atoms with E-state index in [9.17, 15) is 24.9 Å². The highest BCUT2D eigenvalue weighted by atomic mass is 16.7. The number of nitrogens with one attached hydrogen (secondary N) is 1. The Bertz CT molecular complexity index is 1080. The summed E-state index contributed by atoms with van der Waals surface area (Å²) in [4.78, 5) is 29.5. The average Bonchev–Trinajstić information content (AvgIpc) is 3.00. The maximum Gasteiger partial charge on any atom is 0.307 e. The Hall–Kier alpha value is -2.90. The molecule has 3 unspecified atom stereocenters. The van der Waals surface area contributed by atoms with Crippen molar-refractivity contribution in [2.75, 3.05) is 46.4 Å². The number of carbonyl (C=O) groups excluding carboxylic acids is 2. The highest BCUT2D eigenvalue weighted by Crippen LogP contribution is 2.26. The average molecular weight is 602 g/mol. The summed E-state index contributed by atoms with van der Waals surface area (Å²) in [5, 5.41) is 34.1. The van der Waals surface area contributed by atoms with Crippen molar-refractivity contribution in [1.82, 2.24) is 15.1 Å². The highest BCUT2D eigenvalue weighted by molar-refractivity contribution is 5.71. The molecule has 43 heavy (non-hydrogen) atoms. The van der Waals surface area contributed by atoms with Crippen molar-refractivity contribution >= 4 is 11.9 Å². The summed E-state index contributed by atoms with van der Waals surface area (Å²) in [7, 11) is 2.09. The fraction of sp³-hybridized carbons (Fsp3) is 0.562. The van der Waals surface area contributed by atoms with E-state index in [0.717, 1.165) is 31.7 Å².